The van der Waals surface area contributed by atoms with Crippen molar-refractivity contribution in [3.63, 3.8) is 0 Å². The lowest BCUT2D eigenvalue weighted by atomic mass is 9.88. The Bertz CT molecular complexity index is 391. The molecule has 0 saturated carbocycles. The molecule has 0 amide bonds. The summed E-state index contributed by atoms with van der Waals surface area (Å²) < 4.78 is 12.3. The first-order valence-electron chi connectivity index (χ1n) is 6.54. The number of fused-ring (bicyclic) bond motifs is 2. The van der Waals surface area contributed by atoms with Crippen molar-refractivity contribution in [3.05, 3.63) is 35.9 Å². The van der Waals surface area contributed by atoms with E-state index in [0.29, 0.717) is 0 Å². The van der Waals surface area contributed by atoms with Crippen LogP contribution in [0.1, 0.15) is 51.2 Å². The molecule has 92 valence electrons. The van der Waals surface area contributed by atoms with E-state index in [1.165, 1.54) is 5.56 Å². The van der Waals surface area contributed by atoms with Crippen molar-refractivity contribution < 1.29 is 9.47 Å². The van der Waals surface area contributed by atoms with Gasteiger partial charge in [0, 0.05) is 12.8 Å². The second kappa shape index (κ2) is 3.82. The molecule has 2 fully saturated rings. The van der Waals surface area contributed by atoms with E-state index >= 15 is 0 Å². The molecule has 0 N–H and O–H groups in total. The summed E-state index contributed by atoms with van der Waals surface area (Å²) in [6.07, 6.45) is 4.46. The minimum absolute atomic E-state index is 0.0798. The molecule has 2 heteroatoms. The molecule has 2 heterocycles. The van der Waals surface area contributed by atoms with E-state index in [4.69, 9.17) is 9.47 Å². The highest BCUT2D eigenvalue weighted by Gasteiger charge is 2.54. The highest BCUT2D eigenvalue weighted by Crippen LogP contribution is 2.52. The van der Waals surface area contributed by atoms with Gasteiger partial charge in [0.25, 0.3) is 0 Å². The molecule has 2 saturated heterocycles. The molecule has 2 nitrogen and oxygen atoms in total. The van der Waals surface area contributed by atoms with E-state index in [0.717, 1.165) is 25.7 Å². The van der Waals surface area contributed by atoms with Gasteiger partial charge in [-0.3, -0.25) is 0 Å². The van der Waals surface area contributed by atoms with Crippen molar-refractivity contribution >= 4 is 0 Å². The van der Waals surface area contributed by atoms with Crippen LogP contribution in [0.4, 0.5) is 0 Å². The third kappa shape index (κ3) is 2.00. The van der Waals surface area contributed by atoms with Crippen molar-refractivity contribution in [2.45, 2.75) is 57.0 Å². The van der Waals surface area contributed by atoms with Gasteiger partial charge in [-0.1, -0.05) is 30.3 Å². The van der Waals surface area contributed by atoms with Crippen LogP contribution in [0.5, 0.6) is 0 Å². The summed E-state index contributed by atoms with van der Waals surface area (Å²) in [5.41, 5.74) is 1.31. The van der Waals surface area contributed by atoms with E-state index in [1.54, 1.807) is 0 Å². The summed E-state index contributed by atoms with van der Waals surface area (Å²) in [5, 5.41) is 0. The van der Waals surface area contributed by atoms with Crippen LogP contribution in [0.2, 0.25) is 0 Å². The molecule has 0 radical (unpaired) electrons. The Kier molecular flexibility index (Phi) is 2.53. The van der Waals surface area contributed by atoms with Gasteiger partial charge in [0.05, 0.1) is 11.7 Å². The summed E-state index contributed by atoms with van der Waals surface area (Å²) in [7, 11) is 0. The summed E-state index contributed by atoms with van der Waals surface area (Å²) in [6, 6.07) is 10.4. The maximum Gasteiger partial charge on any atom is 0.170 e. The number of rotatable bonds is 3. The Morgan fingerprint density at radius 3 is 2.29 bits per heavy atom. The lowest BCUT2D eigenvalue weighted by Gasteiger charge is -2.29. The Balaban J connectivity index is 1.72. The fraction of sp³-hybridized carbons (Fsp3) is 0.600. The number of benzene rings is 1. The molecule has 0 spiro atoms. The van der Waals surface area contributed by atoms with E-state index in [1.807, 2.05) is 6.07 Å². The van der Waals surface area contributed by atoms with Gasteiger partial charge in [-0.2, -0.15) is 0 Å². The van der Waals surface area contributed by atoms with Gasteiger partial charge in [-0.25, -0.2) is 0 Å². The summed E-state index contributed by atoms with van der Waals surface area (Å²) in [6.45, 7) is 4.32. The van der Waals surface area contributed by atoms with E-state index < -0.39 is 0 Å². The summed E-state index contributed by atoms with van der Waals surface area (Å²) >= 11 is 0. The molecule has 2 aliphatic heterocycles. The van der Waals surface area contributed by atoms with E-state index in [9.17, 15) is 0 Å². The lowest BCUT2D eigenvalue weighted by molar-refractivity contribution is -0.235. The highest BCUT2D eigenvalue weighted by atomic mass is 16.7. The molecule has 3 rings (SSSR count). The quantitative estimate of drug-likeness (QED) is 0.788. The zero-order valence-electron chi connectivity index (χ0n) is 10.6. The van der Waals surface area contributed by atoms with Crippen molar-refractivity contribution in [1.82, 2.24) is 0 Å². The molecular formula is C15H20O2. The van der Waals surface area contributed by atoms with Crippen molar-refractivity contribution in [3.8, 4) is 0 Å². The Hall–Kier alpha value is -0.860. The van der Waals surface area contributed by atoms with Crippen LogP contribution in [-0.2, 0) is 9.47 Å². The number of hydrogen-bond acceptors (Lipinski definition) is 2. The molecule has 2 bridgehead atoms. The molecule has 1 aromatic rings. The van der Waals surface area contributed by atoms with Gasteiger partial charge in [0.2, 0.25) is 0 Å². The van der Waals surface area contributed by atoms with E-state index in [2.05, 4.69) is 38.1 Å². The summed E-state index contributed by atoms with van der Waals surface area (Å²) in [4.78, 5) is 0. The van der Waals surface area contributed by atoms with Crippen LogP contribution in [0, 0.1) is 0 Å². The van der Waals surface area contributed by atoms with Gasteiger partial charge in [0.15, 0.2) is 5.79 Å². The molecule has 0 aliphatic carbocycles. The molecular weight excluding hydrogens is 212 g/mol. The van der Waals surface area contributed by atoms with Gasteiger partial charge >= 0.3 is 0 Å². The third-order valence-corrected chi connectivity index (χ3v) is 4.16. The van der Waals surface area contributed by atoms with Crippen LogP contribution < -0.4 is 0 Å². The van der Waals surface area contributed by atoms with Crippen molar-refractivity contribution in [2.75, 3.05) is 0 Å². The van der Waals surface area contributed by atoms with Crippen LogP contribution in [0.25, 0.3) is 0 Å². The van der Waals surface area contributed by atoms with Gasteiger partial charge in [-0.15, -0.1) is 0 Å². The Morgan fingerprint density at radius 1 is 1.12 bits per heavy atom. The standard InChI is InChI=1S/C15H20O2/c1-12(13-6-4-3-5-7-13)16-15-10-8-14(2,17-15)9-11-15/h3-7,12H,8-11H2,1-2H3. The normalized spacial score (nSPS) is 37.3. The molecule has 1 atom stereocenters. The van der Waals surface area contributed by atoms with Gasteiger partial charge in [0.1, 0.15) is 0 Å². The first kappa shape index (κ1) is 11.2. The van der Waals surface area contributed by atoms with Crippen molar-refractivity contribution in [2.24, 2.45) is 0 Å². The van der Waals surface area contributed by atoms with E-state index in [-0.39, 0.29) is 17.5 Å². The van der Waals surface area contributed by atoms with Crippen LogP contribution in [0.15, 0.2) is 30.3 Å². The monoisotopic (exact) mass is 232 g/mol. The molecule has 0 aromatic heterocycles. The van der Waals surface area contributed by atoms with Gasteiger partial charge in [-0.05, 0) is 32.3 Å². The Morgan fingerprint density at radius 2 is 1.76 bits per heavy atom. The fourth-order valence-electron chi connectivity index (χ4n) is 3.07. The van der Waals surface area contributed by atoms with Gasteiger partial charge < -0.3 is 9.47 Å². The predicted molar refractivity (Wildman–Crippen MR) is 66.6 cm³/mol. The molecule has 2 aliphatic rings. The predicted octanol–water partition coefficient (Wildman–Crippen LogP) is 3.82. The van der Waals surface area contributed by atoms with Crippen LogP contribution in [-0.4, -0.2) is 11.4 Å². The summed E-state index contributed by atoms with van der Waals surface area (Å²) in [5.74, 6) is -0.302. The average Bonchev–Trinajstić information content (AvgIpc) is 2.83. The largest absolute Gasteiger partial charge is 0.344 e. The lowest BCUT2D eigenvalue weighted by Crippen LogP contribution is -2.30. The van der Waals surface area contributed by atoms with Crippen LogP contribution >= 0.6 is 0 Å². The maximum atomic E-state index is 6.22. The maximum absolute atomic E-state index is 6.22. The zero-order chi connectivity index (χ0) is 11.9. The fourth-order valence-corrected chi connectivity index (χ4v) is 3.07. The van der Waals surface area contributed by atoms with Crippen molar-refractivity contribution in [1.29, 1.82) is 0 Å². The second-order valence-corrected chi connectivity index (χ2v) is 5.63. The highest BCUT2D eigenvalue weighted by molar-refractivity contribution is 5.17. The molecule has 1 aromatic carbocycles. The molecule has 1 unspecified atom stereocenters. The minimum Gasteiger partial charge on any atom is -0.344 e. The molecule has 17 heavy (non-hydrogen) atoms. The smallest absolute Gasteiger partial charge is 0.170 e. The Labute approximate surface area is 103 Å². The first-order valence-corrected chi connectivity index (χ1v) is 6.54. The number of ether oxygens (including phenoxy) is 2. The first-order chi connectivity index (χ1) is 8.11. The van der Waals surface area contributed by atoms with Crippen LogP contribution in [0.3, 0.4) is 0 Å². The third-order valence-electron chi connectivity index (χ3n) is 4.16. The SMILES string of the molecule is CC(OC12CCC(C)(CC1)O2)c1ccccc1. The zero-order valence-corrected chi connectivity index (χ0v) is 10.6. The second-order valence-electron chi connectivity index (χ2n) is 5.63. The average molecular weight is 232 g/mol. The number of hydrogen-bond donors (Lipinski definition) is 0. The topological polar surface area (TPSA) is 18.5 Å². The minimum atomic E-state index is -0.302.